The molecule has 1 aliphatic heterocycles. The number of rotatable bonds is 7. The van der Waals surface area contributed by atoms with Gasteiger partial charge >= 0.3 is 0 Å². The molecule has 3 aromatic carbocycles. The second-order valence-electron chi connectivity index (χ2n) is 9.73. The molecule has 36 heavy (non-hydrogen) atoms. The molecule has 1 saturated carbocycles. The number of benzene rings is 3. The van der Waals surface area contributed by atoms with Crippen molar-refractivity contribution >= 4 is 28.4 Å². The van der Waals surface area contributed by atoms with Crippen molar-refractivity contribution in [3.05, 3.63) is 107 Å². The average molecular weight is 478 g/mol. The lowest BCUT2D eigenvalue weighted by molar-refractivity contribution is 0.442. The van der Waals surface area contributed by atoms with E-state index < -0.39 is 5.82 Å². The summed E-state index contributed by atoms with van der Waals surface area (Å²) in [5, 5.41) is 4.75. The van der Waals surface area contributed by atoms with Crippen LogP contribution in [0.2, 0.25) is 0 Å². The molecule has 2 heterocycles. The van der Waals surface area contributed by atoms with Gasteiger partial charge in [-0.05, 0) is 85.7 Å². The molecule has 6 rings (SSSR count). The quantitative estimate of drug-likeness (QED) is 0.283. The Bertz CT molecular complexity index is 1570. The van der Waals surface area contributed by atoms with E-state index in [2.05, 4.69) is 47.0 Å². The van der Waals surface area contributed by atoms with Gasteiger partial charge in [-0.15, -0.1) is 0 Å². The number of fused-ring (bicyclic) bond motifs is 1. The molecule has 4 nitrogen and oxygen atoms in total. The molecule has 2 aliphatic rings. The molecule has 0 unspecified atom stereocenters. The second-order valence-corrected chi connectivity index (χ2v) is 9.73. The number of nitrogens with one attached hydrogen (secondary N) is 2. The van der Waals surface area contributed by atoms with Crippen molar-refractivity contribution in [1.82, 2.24) is 4.98 Å². The van der Waals surface area contributed by atoms with Gasteiger partial charge in [0, 0.05) is 51.4 Å². The molecule has 180 valence electrons. The molecule has 0 bridgehead atoms. The molecule has 0 atom stereocenters. The first-order chi connectivity index (χ1) is 17.5. The fraction of sp³-hybridized carbons (Fsp3) is 0.194. The maximum absolute atomic E-state index is 14.1. The van der Waals surface area contributed by atoms with Crippen molar-refractivity contribution < 1.29 is 9.13 Å². The molecule has 0 spiro atoms. The maximum atomic E-state index is 14.1. The number of aromatic amines is 1. The van der Waals surface area contributed by atoms with E-state index in [-0.39, 0.29) is 5.75 Å². The Labute approximate surface area is 210 Å². The zero-order chi connectivity index (χ0) is 24.8. The van der Waals surface area contributed by atoms with Crippen LogP contribution in [0.1, 0.15) is 41.1 Å². The van der Waals surface area contributed by atoms with Crippen LogP contribution < -0.4 is 10.1 Å². The number of H-pyrrole nitrogens is 1. The van der Waals surface area contributed by atoms with E-state index in [1.807, 2.05) is 31.3 Å². The molecule has 1 aliphatic carbocycles. The molecule has 2 N–H and O–H groups in total. The monoisotopic (exact) mass is 477 g/mol. The summed E-state index contributed by atoms with van der Waals surface area (Å²) in [4.78, 5) is 8.08. The van der Waals surface area contributed by atoms with Crippen molar-refractivity contribution in [1.29, 1.82) is 0 Å². The fourth-order valence-electron chi connectivity index (χ4n) is 4.82. The SMILES string of the molecule is C=C(C1=C(Nc2cc(Oc3ccccc3F)ccc2C)CN=C1)c1cc2cc(C3CC3)c(C)cc2[nH]1. The van der Waals surface area contributed by atoms with E-state index in [9.17, 15) is 4.39 Å². The molecular weight excluding hydrogens is 449 g/mol. The van der Waals surface area contributed by atoms with Gasteiger partial charge in [0.1, 0.15) is 5.75 Å². The molecule has 1 fully saturated rings. The smallest absolute Gasteiger partial charge is 0.165 e. The van der Waals surface area contributed by atoms with Crippen molar-refractivity contribution in [2.24, 2.45) is 4.99 Å². The summed E-state index contributed by atoms with van der Waals surface area (Å²) in [6.45, 7) is 9.17. The van der Waals surface area contributed by atoms with Gasteiger partial charge in [0.05, 0.1) is 6.54 Å². The Kier molecular flexibility index (Phi) is 5.48. The number of aliphatic imine (C=N–C) groups is 1. The fourth-order valence-corrected chi connectivity index (χ4v) is 4.82. The van der Waals surface area contributed by atoms with Crippen LogP contribution in [0.15, 0.2) is 83.5 Å². The molecular formula is C31H28FN3O. The van der Waals surface area contributed by atoms with Crippen LogP contribution in [0.5, 0.6) is 11.5 Å². The number of halogens is 1. The molecule has 5 heteroatoms. The molecule has 4 aromatic rings. The lowest BCUT2D eigenvalue weighted by atomic mass is 10.0. The van der Waals surface area contributed by atoms with Crippen LogP contribution in [0, 0.1) is 19.7 Å². The van der Waals surface area contributed by atoms with Gasteiger partial charge in [-0.1, -0.05) is 24.8 Å². The van der Waals surface area contributed by atoms with Crippen LogP contribution >= 0.6 is 0 Å². The topological polar surface area (TPSA) is 49.4 Å². The lowest BCUT2D eigenvalue weighted by Crippen LogP contribution is -2.06. The van der Waals surface area contributed by atoms with Crippen LogP contribution in [-0.4, -0.2) is 17.7 Å². The highest BCUT2D eigenvalue weighted by Crippen LogP contribution is 2.43. The van der Waals surface area contributed by atoms with Gasteiger partial charge in [0.15, 0.2) is 11.6 Å². The van der Waals surface area contributed by atoms with Crippen LogP contribution in [0.4, 0.5) is 10.1 Å². The summed E-state index contributed by atoms with van der Waals surface area (Å²) >= 11 is 0. The summed E-state index contributed by atoms with van der Waals surface area (Å²) < 4.78 is 19.9. The lowest BCUT2D eigenvalue weighted by Gasteiger charge is -2.15. The van der Waals surface area contributed by atoms with E-state index >= 15 is 0 Å². The Morgan fingerprint density at radius 2 is 1.89 bits per heavy atom. The van der Waals surface area contributed by atoms with Gasteiger partial charge in [0.25, 0.3) is 0 Å². The van der Waals surface area contributed by atoms with Gasteiger partial charge in [-0.2, -0.15) is 0 Å². The summed E-state index contributed by atoms with van der Waals surface area (Å²) in [6, 6.07) is 18.9. The predicted molar refractivity (Wildman–Crippen MR) is 146 cm³/mol. The minimum atomic E-state index is -0.393. The van der Waals surface area contributed by atoms with E-state index in [4.69, 9.17) is 4.74 Å². The first kappa shape index (κ1) is 22.4. The third kappa shape index (κ3) is 4.22. The Hall–Kier alpha value is -4.12. The Balaban J connectivity index is 1.28. The third-order valence-electron chi connectivity index (χ3n) is 7.03. The largest absolute Gasteiger partial charge is 0.454 e. The third-order valence-corrected chi connectivity index (χ3v) is 7.03. The summed E-state index contributed by atoms with van der Waals surface area (Å²) in [5.41, 5.74) is 9.72. The number of anilines is 1. The number of nitrogens with zero attached hydrogens (tertiary/aromatic N) is 1. The minimum Gasteiger partial charge on any atom is -0.454 e. The Morgan fingerprint density at radius 3 is 2.69 bits per heavy atom. The van der Waals surface area contributed by atoms with Crippen molar-refractivity contribution in [3.63, 3.8) is 0 Å². The average Bonchev–Trinajstić information content (AvgIpc) is 3.46. The molecule has 0 radical (unpaired) electrons. The number of aryl methyl sites for hydroxylation is 2. The summed E-state index contributed by atoms with van der Waals surface area (Å²) in [7, 11) is 0. The number of hydrogen-bond donors (Lipinski definition) is 2. The van der Waals surface area contributed by atoms with Crippen LogP contribution in [0.3, 0.4) is 0 Å². The van der Waals surface area contributed by atoms with E-state index in [1.54, 1.807) is 18.2 Å². The number of aromatic nitrogens is 1. The second kappa shape index (κ2) is 8.83. The van der Waals surface area contributed by atoms with E-state index in [0.717, 1.165) is 45.2 Å². The van der Waals surface area contributed by atoms with Crippen molar-refractivity contribution in [2.45, 2.75) is 32.6 Å². The number of hydrogen-bond acceptors (Lipinski definition) is 3. The number of ether oxygens (including phenoxy) is 1. The Morgan fingerprint density at radius 1 is 1.06 bits per heavy atom. The summed E-state index contributed by atoms with van der Waals surface area (Å²) in [6.07, 6.45) is 4.47. The first-order valence-corrected chi connectivity index (χ1v) is 12.3. The highest BCUT2D eigenvalue weighted by molar-refractivity contribution is 6.04. The minimum absolute atomic E-state index is 0.198. The standard InChI is InChI=1S/C31H28FN3O/c1-18-8-11-23(36-31-7-5-4-6-26(31)32)15-27(18)34-30-17-33-16-25(30)20(3)28-14-22-13-24(21-9-10-21)19(2)12-29(22)35-28/h4-8,11-16,21,34-35H,3,9-10,17H2,1-2H3. The first-order valence-electron chi connectivity index (χ1n) is 12.3. The normalized spacial score (nSPS) is 15.1. The maximum Gasteiger partial charge on any atom is 0.165 e. The van der Waals surface area contributed by atoms with Crippen LogP contribution in [0.25, 0.3) is 16.5 Å². The molecule has 0 saturated heterocycles. The van der Waals surface area contributed by atoms with Crippen molar-refractivity contribution in [3.8, 4) is 11.5 Å². The van der Waals surface area contributed by atoms with E-state index in [0.29, 0.717) is 12.3 Å². The summed E-state index contributed by atoms with van der Waals surface area (Å²) in [5.74, 6) is 1.09. The van der Waals surface area contributed by atoms with Gasteiger partial charge in [0.2, 0.25) is 0 Å². The van der Waals surface area contributed by atoms with Crippen LogP contribution in [-0.2, 0) is 0 Å². The predicted octanol–water partition coefficient (Wildman–Crippen LogP) is 8.06. The number of para-hydroxylation sites is 1. The van der Waals surface area contributed by atoms with E-state index in [1.165, 1.54) is 35.4 Å². The van der Waals surface area contributed by atoms with Crippen molar-refractivity contribution in [2.75, 3.05) is 11.9 Å². The molecule has 0 amide bonds. The highest BCUT2D eigenvalue weighted by atomic mass is 19.1. The zero-order valence-electron chi connectivity index (χ0n) is 20.5. The number of allylic oxidation sites excluding steroid dienone is 2. The van der Waals surface area contributed by atoms with Gasteiger partial charge in [-0.25, -0.2) is 4.39 Å². The van der Waals surface area contributed by atoms with Gasteiger partial charge < -0.3 is 15.0 Å². The molecule has 1 aromatic heterocycles. The highest BCUT2D eigenvalue weighted by Gasteiger charge is 2.26. The van der Waals surface area contributed by atoms with Gasteiger partial charge in [-0.3, -0.25) is 4.99 Å². The zero-order valence-corrected chi connectivity index (χ0v) is 20.5.